The summed E-state index contributed by atoms with van der Waals surface area (Å²) in [5.74, 6) is 4.45. The van der Waals surface area contributed by atoms with Gasteiger partial charge in [-0.3, -0.25) is 0 Å². The van der Waals surface area contributed by atoms with E-state index >= 15 is 0 Å². The van der Waals surface area contributed by atoms with E-state index in [4.69, 9.17) is 24.4 Å². The molecule has 1 aromatic heterocycles. The van der Waals surface area contributed by atoms with Crippen LogP contribution in [0.1, 0.15) is 22.3 Å². The fourth-order valence-electron chi connectivity index (χ4n) is 11.0. The molecule has 0 amide bonds. The van der Waals surface area contributed by atoms with Gasteiger partial charge in [0.25, 0.3) is 0 Å². The zero-order valence-electron chi connectivity index (χ0n) is 37.2. The number of fused-ring (bicyclic) bond motifs is 12. The molecule has 0 bridgehead atoms. The molecule has 0 fully saturated rings. The summed E-state index contributed by atoms with van der Waals surface area (Å²) in [7, 11) is 0. The molecular formula is C64H39N3O2. The van der Waals surface area contributed by atoms with Crippen molar-refractivity contribution in [2.75, 3.05) is 0 Å². The second-order valence-corrected chi connectivity index (χ2v) is 17.8. The van der Waals surface area contributed by atoms with Crippen LogP contribution in [0.15, 0.2) is 237 Å². The number of hydrogen-bond donors (Lipinski definition) is 0. The Morgan fingerprint density at radius 3 is 1.48 bits per heavy atom. The van der Waals surface area contributed by atoms with E-state index in [0.717, 1.165) is 55.6 Å². The van der Waals surface area contributed by atoms with Gasteiger partial charge in [-0.25, -0.2) is 15.0 Å². The number of aromatic nitrogens is 3. The first-order valence-corrected chi connectivity index (χ1v) is 23.3. The van der Waals surface area contributed by atoms with Gasteiger partial charge in [-0.15, -0.1) is 0 Å². The zero-order chi connectivity index (χ0) is 45.5. The normalized spacial score (nSPS) is 13.0. The summed E-state index contributed by atoms with van der Waals surface area (Å²) in [6.45, 7) is 0. The number of nitrogens with zero attached hydrogens (tertiary/aromatic N) is 3. The Kier molecular flexibility index (Phi) is 8.73. The van der Waals surface area contributed by atoms with Crippen molar-refractivity contribution in [2.45, 2.75) is 5.41 Å². The maximum atomic E-state index is 7.00. The van der Waals surface area contributed by atoms with Gasteiger partial charge in [0.1, 0.15) is 0 Å². The molecule has 0 N–H and O–H groups in total. The van der Waals surface area contributed by atoms with Crippen LogP contribution in [0, 0.1) is 0 Å². The SMILES string of the molecule is c1ccc(-c2nc(-c3ccc4c5ccccc5c5ccccc5c4c3)nc(-c3ccccc3-c3ccc4c(c3)Oc3ccc5c(c3O4)-c3ccccc3C5(c3ccccc3)c3ccccc3)n2)cc1. The van der Waals surface area contributed by atoms with Gasteiger partial charge in [0.2, 0.25) is 0 Å². The maximum absolute atomic E-state index is 7.00. The van der Waals surface area contributed by atoms with E-state index in [-0.39, 0.29) is 0 Å². The Balaban J connectivity index is 0.883. The molecule has 11 aromatic carbocycles. The highest BCUT2D eigenvalue weighted by Gasteiger charge is 2.48. The summed E-state index contributed by atoms with van der Waals surface area (Å²) in [5, 5.41) is 7.23. The van der Waals surface area contributed by atoms with E-state index < -0.39 is 5.41 Å². The Labute approximate surface area is 398 Å². The summed E-state index contributed by atoms with van der Waals surface area (Å²) in [4.78, 5) is 15.6. The van der Waals surface area contributed by atoms with Crippen LogP contribution in [0.4, 0.5) is 0 Å². The lowest BCUT2D eigenvalue weighted by Crippen LogP contribution is -2.28. The first-order valence-electron chi connectivity index (χ1n) is 23.3. The third kappa shape index (κ3) is 6.00. The Bertz CT molecular complexity index is 3950. The van der Waals surface area contributed by atoms with Crippen LogP contribution in [-0.4, -0.2) is 15.0 Å². The minimum absolute atomic E-state index is 0.548. The van der Waals surface area contributed by atoms with Gasteiger partial charge in [-0.1, -0.05) is 212 Å². The lowest BCUT2D eigenvalue weighted by atomic mass is 9.68. The molecular weight excluding hydrogens is 843 g/mol. The van der Waals surface area contributed by atoms with Crippen LogP contribution in [0.25, 0.3) is 88.7 Å². The molecule has 0 spiro atoms. The molecule has 1 aliphatic carbocycles. The van der Waals surface area contributed by atoms with Gasteiger partial charge in [0.05, 0.1) is 5.41 Å². The average molecular weight is 882 g/mol. The average Bonchev–Trinajstić information content (AvgIpc) is 3.74. The molecule has 0 saturated carbocycles. The predicted molar refractivity (Wildman–Crippen MR) is 278 cm³/mol. The van der Waals surface area contributed by atoms with Gasteiger partial charge >= 0.3 is 0 Å². The van der Waals surface area contributed by atoms with Crippen molar-refractivity contribution >= 4 is 32.3 Å². The first-order chi connectivity index (χ1) is 34.2. The van der Waals surface area contributed by atoms with E-state index in [1.807, 2.05) is 42.5 Å². The van der Waals surface area contributed by atoms with E-state index in [9.17, 15) is 0 Å². The molecule has 1 aliphatic heterocycles. The number of ether oxygens (including phenoxy) is 2. The van der Waals surface area contributed by atoms with E-state index in [2.05, 4.69) is 194 Å². The second-order valence-electron chi connectivity index (χ2n) is 17.8. The third-order valence-electron chi connectivity index (χ3n) is 14.1. The van der Waals surface area contributed by atoms with Crippen molar-refractivity contribution in [3.05, 3.63) is 259 Å². The van der Waals surface area contributed by atoms with Crippen molar-refractivity contribution < 1.29 is 9.47 Å². The van der Waals surface area contributed by atoms with Crippen LogP contribution in [0.3, 0.4) is 0 Å². The van der Waals surface area contributed by atoms with Crippen molar-refractivity contribution in [3.8, 4) is 79.4 Å². The fraction of sp³-hybridized carbons (Fsp3) is 0.0156. The minimum atomic E-state index is -0.548. The predicted octanol–water partition coefficient (Wildman–Crippen LogP) is 16.3. The van der Waals surface area contributed by atoms with Crippen molar-refractivity contribution in [3.63, 3.8) is 0 Å². The molecule has 0 atom stereocenters. The standard InChI is InChI=1S/C64H39N3O2/c1-4-18-40(19-5-1)61-65-62(42-32-34-50-48-27-12-11-25-46(48)47-26-13-14-28-49(47)53(50)38-42)67-63(66-61)51-29-15-10-24-45(51)41-33-36-56-58(39-41)68-57-37-35-55-59(60(57)69-56)52-30-16-17-31-54(52)64(55,43-20-6-2-7-21-43)44-22-8-3-9-23-44/h1-39H. The first kappa shape index (κ1) is 39.0. The van der Waals surface area contributed by atoms with E-state index in [1.54, 1.807) is 0 Å². The number of benzene rings is 11. The van der Waals surface area contributed by atoms with Crippen LogP contribution >= 0.6 is 0 Å². The van der Waals surface area contributed by atoms with Gasteiger partial charge in [-0.05, 0) is 95.5 Å². The lowest BCUT2D eigenvalue weighted by Gasteiger charge is -2.34. The molecule has 0 saturated heterocycles. The smallest absolute Gasteiger partial charge is 0.178 e. The molecule has 0 radical (unpaired) electrons. The molecule has 5 heteroatoms. The van der Waals surface area contributed by atoms with Gasteiger partial charge in [-0.2, -0.15) is 0 Å². The topological polar surface area (TPSA) is 57.1 Å². The maximum Gasteiger partial charge on any atom is 0.178 e. The molecule has 14 rings (SSSR count). The van der Waals surface area contributed by atoms with E-state index in [0.29, 0.717) is 34.7 Å². The highest BCUT2D eigenvalue weighted by atomic mass is 16.6. The van der Waals surface area contributed by atoms with Crippen LogP contribution < -0.4 is 9.47 Å². The third-order valence-corrected chi connectivity index (χ3v) is 14.1. The summed E-state index contributed by atoms with van der Waals surface area (Å²) in [6, 6.07) is 83.1. The van der Waals surface area contributed by atoms with Gasteiger partial charge in [0, 0.05) is 22.3 Å². The minimum Gasteiger partial charge on any atom is -0.449 e. The fourth-order valence-corrected chi connectivity index (χ4v) is 11.0. The van der Waals surface area contributed by atoms with Crippen LogP contribution in [-0.2, 0) is 5.41 Å². The molecule has 69 heavy (non-hydrogen) atoms. The lowest BCUT2D eigenvalue weighted by molar-refractivity contribution is 0.360. The van der Waals surface area contributed by atoms with Gasteiger partial charge < -0.3 is 9.47 Å². The van der Waals surface area contributed by atoms with Crippen LogP contribution in [0.2, 0.25) is 0 Å². The molecule has 5 nitrogen and oxygen atoms in total. The van der Waals surface area contributed by atoms with Gasteiger partial charge in [0.15, 0.2) is 40.5 Å². The summed E-state index contributed by atoms with van der Waals surface area (Å²) in [5.41, 5.74) is 11.0. The quantitative estimate of drug-likeness (QED) is 0.156. The molecule has 12 aromatic rings. The van der Waals surface area contributed by atoms with Crippen LogP contribution in [0.5, 0.6) is 23.0 Å². The molecule has 2 aliphatic rings. The molecule has 0 unspecified atom stereocenters. The highest BCUT2D eigenvalue weighted by Crippen LogP contribution is 2.62. The Morgan fingerprint density at radius 2 is 0.797 bits per heavy atom. The molecule has 322 valence electrons. The number of rotatable bonds is 6. The second kappa shape index (κ2) is 15.4. The Morgan fingerprint density at radius 1 is 0.290 bits per heavy atom. The Hall–Kier alpha value is -9.19. The zero-order valence-corrected chi connectivity index (χ0v) is 37.2. The van der Waals surface area contributed by atoms with Crippen molar-refractivity contribution in [1.29, 1.82) is 0 Å². The molecule has 2 heterocycles. The largest absolute Gasteiger partial charge is 0.449 e. The van der Waals surface area contributed by atoms with Crippen molar-refractivity contribution in [1.82, 2.24) is 15.0 Å². The van der Waals surface area contributed by atoms with E-state index in [1.165, 1.54) is 43.6 Å². The van der Waals surface area contributed by atoms with Crippen molar-refractivity contribution in [2.24, 2.45) is 0 Å². The number of hydrogen-bond acceptors (Lipinski definition) is 5. The highest BCUT2D eigenvalue weighted by molar-refractivity contribution is 6.25. The summed E-state index contributed by atoms with van der Waals surface area (Å²) >= 11 is 0. The monoisotopic (exact) mass is 881 g/mol. The summed E-state index contributed by atoms with van der Waals surface area (Å²) in [6.07, 6.45) is 0. The summed E-state index contributed by atoms with van der Waals surface area (Å²) < 4.78 is 13.9.